The van der Waals surface area contributed by atoms with Gasteiger partial charge in [-0.1, -0.05) is 56.3 Å². The maximum Gasteiger partial charge on any atom is 0.250 e. The maximum atomic E-state index is 13.8. The summed E-state index contributed by atoms with van der Waals surface area (Å²) in [5, 5.41) is 6.14. The van der Waals surface area contributed by atoms with Gasteiger partial charge in [0.1, 0.15) is 11.3 Å². The van der Waals surface area contributed by atoms with Crippen LogP contribution in [0.2, 0.25) is 0 Å². The molecule has 1 aliphatic carbocycles. The fourth-order valence-electron chi connectivity index (χ4n) is 5.84. The zero-order valence-electron chi connectivity index (χ0n) is 25.6. The molecule has 232 valence electrons. The SMILES string of the molecule is CC(C)CCN1CC(=O)NC2(CCCc3ccccc32)C(=O)NCCCCN(C(=O)CCCOc2ccccc2)CC1=O. The molecule has 2 aromatic rings. The number of nitrogens with one attached hydrogen (secondary N) is 2. The molecule has 2 aliphatic rings. The van der Waals surface area contributed by atoms with Gasteiger partial charge in [0.15, 0.2) is 0 Å². The maximum absolute atomic E-state index is 13.8. The molecule has 2 aromatic carbocycles. The first-order chi connectivity index (χ1) is 20.8. The number of ether oxygens (including phenoxy) is 1. The zero-order chi connectivity index (χ0) is 30.7. The lowest BCUT2D eigenvalue weighted by Crippen LogP contribution is -2.60. The lowest BCUT2D eigenvalue weighted by Gasteiger charge is -2.39. The fraction of sp³-hybridized carbons (Fsp3) is 0.529. The molecule has 1 unspecified atom stereocenters. The van der Waals surface area contributed by atoms with Gasteiger partial charge in [-0.15, -0.1) is 0 Å². The number of aryl methyl sites for hydroxylation is 1. The van der Waals surface area contributed by atoms with Crippen LogP contribution in [0, 0.1) is 5.92 Å². The highest BCUT2D eigenvalue weighted by atomic mass is 16.5. The lowest BCUT2D eigenvalue weighted by molar-refractivity contribution is -0.143. The Morgan fingerprint density at radius 1 is 0.977 bits per heavy atom. The highest BCUT2D eigenvalue weighted by Gasteiger charge is 2.44. The van der Waals surface area contributed by atoms with Gasteiger partial charge in [-0.3, -0.25) is 19.2 Å². The standard InChI is InChI=1S/C34H46N4O5/c1-26(2)18-22-38-24-30(39)36-34(19-10-13-27-12-6-7-16-29(27)34)33(42)35-20-8-9-21-37(25-32(38)41)31(40)17-11-23-43-28-14-4-3-5-15-28/h3-7,12,14-16,26H,8-11,13,17-25H2,1-2H3,(H,35,42)(H,36,39). The summed E-state index contributed by atoms with van der Waals surface area (Å²) < 4.78 is 5.73. The Morgan fingerprint density at radius 2 is 1.74 bits per heavy atom. The van der Waals surface area contributed by atoms with E-state index in [4.69, 9.17) is 4.74 Å². The summed E-state index contributed by atoms with van der Waals surface area (Å²) in [5.41, 5.74) is 0.709. The van der Waals surface area contributed by atoms with Crippen molar-refractivity contribution in [3.8, 4) is 5.75 Å². The van der Waals surface area contributed by atoms with Crippen molar-refractivity contribution >= 4 is 23.6 Å². The van der Waals surface area contributed by atoms with Crippen LogP contribution >= 0.6 is 0 Å². The number of rotatable bonds is 8. The first-order valence-corrected chi connectivity index (χ1v) is 15.7. The predicted molar refractivity (Wildman–Crippen MR) is 165 cm³/mol. The van der Waals surface area contributed by atoms with Crippen molar-refractivity contribution in [2.75, 3.05) is 39.3 Å². The van der Waals surface area contributed by atoms with Crippen molar-refractivity contribution in [1.82, 2.24) is 20.4 Å². The summed E-state index contributed by atoms with van der Waals surface area (Å²) in [4.78, 5) is 57.4. The number of fused-ring (bicyclic) bond motifs is 2. The molecule has 0 bridgehead atoms. The van der Waals surface area contributed by atoms with Gasteiger partial charge in [0.2, 0.25) is 23.6 Å². The Labute approximate surface area is 255 Å². The number of para-hydroxylation sites is 1. The third kappa shape index (κ3) is 8.81. The van der Waals surface area contributed by atoms with Crippen LogP contribution in [0.15, 0.2) is 54.6 Å². The van der Waals surface area contributed by atoms with Crippen LogP contribution in [0.3, 0.4) is 0 Å². The van der Waals surface area contributed by atoms with Crippen molar-refractivity contribution in [3.05, 3.63) is 65.7 Å². The second-order valence-electron chi connectivity index (χ2n) is 12.0. The Morgan fingerprint density at radius 3 is 2.53 bits per heavy atom. The molecule has 2 N–H and O–H groups in total. The van der Waals surface area contributed by atoms with E-state index >= 15 is 0 Å². The van der Waals surface area contributed by atoms with Gasteiger partial charge < -0.3 is 25.2 Å². The van der Waals surface area contributed by atoms with Gasteiger partial charge in [-0.2, -0.15) is 0 Å². The van der Waals surface area contributed by atoms with Crippen LogP contribution in [0.25, 0.3) is 0 Å². The van der Waals surface area contributed by atoms with E-state index in [1.807, 2.05) is 54.6 Å². The Balaban J connectivity index is 1.48. The molecular formula is C34H46N4O5. The molecule has 1 saturated heterocycles. The van der Waals surface area contributed by atoms with Gasteiger partial charge in [0.25, 0.3) is 0 Å². The van der Waals surface area contributed by atoms with E-state index in [1.165, 1.54) is 0 Å². The lowest BCUT2D eigenvalue weighted by atomic mass is 9.75. The number of amides is 4. The van der Waals surface area contributed by atoms with Crippen LogP contribution in [0.5, 0.6) is 5.75 Å². The zero-order valence-corrected chi connectivity index (χ0v) is 25.6. The molecule has 4 rings (SSSR count). The molecular weight excluding hydrogens is 544 g/mol. The van der Waals surface area contributed by atoms with E-state index in [9.17, 15) is 19.2 Å². The van der Waals surface area contributed by atoms with Crippen molar-refractivity contribution in [3.63, 3.8) is 0 Å². The number of carbonyl (C=O) groups is 4. The fourth-order valence-corrected chi connectivity index (χ4v) is 5.84. The van der Waals surface area contributed by atoms with Crippen molar-refractivity contribution in [2.45, 2.75) is 70.8 Å². The second kappa shape index (κ2) is 15.5. The molecule has 0 radical (unpaired) electrons. The van der Waals surface area contributed by atoms with E-state index in [0.29, 0.717) is 57.8 Å². The molecule has 1 heterocycles. The van der Waals surface area contributed by atoms with Crippen molar-refractivity contribution in [2.24, 2.45) is 5.92 Å². The molecule has 1 fully saturated rings. The summed E-state index contributed by atoms with van der Waals surface area (Å²) in [6.45, 7) is 5.50. The van der Waals surface area contributed by atoms with Crippen LogP contribution in [-0.4, -0.2) is 72.8 Å². The molecule has 43 heavy (non-hydrogen) atoms. The Kier molecular flexibility index (Phi) is 11.6. The largest absolute Gasteiger partial charge is 0.494 e. The average molecular weight is 591 g/mol. The number of carbonyl (C=O) groups excluding carboxylic acids is 4. The van der Waals surface area contributed by atoms with Crippen molar-refractivity contribution in [1.29, 1.82) is 0 Å². The summed E-state index contributed by atoms with van der Waals surface area (Å²) in [5.74, 6) is 0.0987. The quantitative estimate of drug-likeness (QED) is 0.455. The highest BCUT2D eigenvalue weighted by Crippen LogP contribution is 2.36. The molecule has 9 heteroatoms. The molecule has 9 nitrogen and oxygen atoms in total. The van der Waals surface area contributed by atoms with Crippen LogP contribution in [0.1, 0.15) is 69.9 Å². The average Bonchev–Trinajstić information content (AvgIpc) is 3.00. The minimum absolute atomic E-state index is 0.0793. The second-order valence-corrected chi connectivity index (χ2v) is 12.0. The number of benzene rings is 2. The third-order valence-corrected chi connectivity index (χ3v) is 8.25. The van der Waals surface area contributed by atoms with Gasteiger partial charge in [-0.05, 0) is 74.1 Å². The first-order valence-electron chi connectivity index (χ1n) is 15.7. The minimum Gasteiger partial charge on any atom is -0.494 e. The topological polar surface area (TPSA) is 108 Å². The number of hydrogen-bond donors (Lipinski definition) is 2. The molecule has 1 aliphatic heterocycles. The van der Waals surface area contributed by atoms with E-state index in [0.717, 1.165) is 36.1 Å². The summed E-state index contributed by atoms with van der Waals surface area (Å²) in [7, 11) is 0. The van der Waals surface area contributed by atoms with Crippen LogP contribution in [-0.2, 0) is 31.1 Å². The van der Waals surface area contributed by atoms with Gasteiger partial charge in [0.05, 0.1) is 19.7 Å². The molecule has 1 atom stereocenters. The smallest absolute Gasteiger partial charge is 0.250 e. The molecule has 4 amide bonds. The summed E-state index contributed by atoms with van der Waals surface area (Å²) in [6, 6.07) is 17.2. The van der Waals surface area contributed by atoms with Gasteiger partial charge in [0, 0.05) is 26.1 Å². The summed E-state index contributed by atoms with van der Waals surface area (Å²) >= 11 is 0. The molecule has 0 aromatic heterocycles. The predicted octanol–water partition coefficient (Wildman–Crippen LogP) is 3.81. The van der Waals surface area contributed by atoms with Gasteiger partial charge in [-0.25, -0.2) is 0 Å². The monoisotopic (exact) mass is 590 g/mol. The minimum atomic E-state index is -1.17. The Hall–Kier alpha value is -3.88. The van der Waals surface area contributed by atoms with Crippen LogP contribution < -0.4 is 15.4 Å². The van der Waals surface area contributed by atoms with Crippen molar-refractivity contribution < 1.29 is 23.9 Å². The van der Waals surface area contributed by atoms with Crippen LogP contribution in [0.4, 0.5) is 0 Å². The van der Waals surface area contributed by atoms with E-state index in [-0.39, 0.29) is 43.1 Å². The normalized spacial score (nSPS) is 20.3. The number of hydrogen-bond acceptors (Lipinski definition) is 5. The molecule has 1 spiro atoms. The van der Waals surface area contributed by atoms with E-state index < -0.39 is 5.54 Å². The summed E-state index contributed by atoms with van der Waals surface area (Å²) in [6.07, 6.45) is 4.90. The van der Waals surface area contributed by atoms with Gasteiger partial charge >= 0.3 is 0 Å². The third-order valence-electron chi connectivity index (χ3n) is 8.25. The Bertz CT molecular complexity index is 1250. The molecule has 0 saturated carbocycles. The number of nitrogens with zero attached hydrogens (tertiary/aromatic N) is 2. The van der Waals surface area contributed by atoms with E-state index in [2.05, 4.69) is 24.5 Å². The van der Waals surface area contributed by atoms with E-state index in [1.54, 1.807) is 9.80 Å². The highest BCUT2D eigenvalue weighted by molar-refractivity contribution is 5.95. The first kappa shape index (κ1) is 32.0.